The summed E-state index contributed by atoms with van der Waals surface area (Å²) in [6, 6.07) is 5.95. The van der Waals surface area contributed by atoms with Crippen molar-refractivity contribution in [2.24, 2.45) is 0 Å². The van der Waals surface area contributed by atoms with Gasteiger partial charge in [-0.2, -0.15) is 4.73 Å². The van der Waals surface area contributed by atoms with Crippen LogP contribution < -0.4 is 0 Å². The van der Waals surface area contributed by atoms with Crippen molar-refractivity contribution in [1.82, 2.24) is 14.6 Å². The number of hydrogen-bond donors (Lipinski definition) is 1. The zero-order valence-electron chi connectivity index (χ0n) is 17.2. The van der Waals surface area contributed by atoms with Crippen molar-refractivity contribution in [1.29, 1.82) is 0 Å². The van der Waals surface area contributed by atoms with E-state index in [-0.39, 0.29) is 12.1 Å². The quantitative estimate of drug-likeness (QED) is 0.569. The molecule has 0 radical (unpaired) electrons. The fourth-order valence-corrected chi connectivity index (χ4v) is 4.71. The van der Waals surface area contributed by atoms with Crippen LogP contribution in [0, 0.1) is 0 Å². The third-order valence-corrected chi connectivity index (χ3v) is 6.08. The highest BCUT2D eigenvalue weighted by Crippen LogP contribution is 2.38. The molecule has 4 rings (SSSR count). The molecule has 29 heavy (non-hydrogen) atoms. The van der Waals surface area contributed by atoms with Crippen LogP contribution in [0.4, 0.5) is 4.79 Å². The zero-order chi connectivity index (χ0) is 20.8. The number of aryl methyl sites for hydroxylation is 1. The van der Waals surface area contributed by atoms with Gasteiger partial charge in [0.05, 0.1) is 17.4 Å². The summed E-state index contributed by atoms with van der Waals surface area (Å²) in [7, 11) is 0. The Bertz CT molecular complexity index is 932. The Morgan fingerprint density at radius 2 is 2.00 bits per heavy atom. The van der Waals surface area contributed by atoms with E-state index in [1.54, 1.807) is 4.90 Å². The lowest BCUT2D eigenvalue weighted by Gasteiger charge is -2.28. The predicted molar refractivity (Wildman–Crippen MR) is 114 cm³/mol. The number of fused-ring (bicyclic) bond motifs is 3. The van der Waals surface area contributed by atoms with Crippen LogP contribution in [0.15, 0.2) is 22.7 Å². The van der Waals surface area contributed by atoms with Crippen LogP contribution in [0.1, 0.15) is 69.6 Å². The number of hydrogen-bond acceptors (Lipinski definition) is 4. The molecule has 2 heterocycles. The van der Waals surface area contributed by atoms with Gasteiger partial charge in [0.1, 0.15) is 5.60 Å². The molecule has 0 spiro atoms. The molecule has 1 saturated heterocycles. The highest BCUT2D eigenvalue weighted by atomic mass is 79.9. The van der Waals surface area contributed by atoms with Gasteiger partial charge < -0.3 is 9.94 Å². The van der Waals surface area contributed by atoms with Crippen LogP contribution in [0.2, 0.25) is 0 Å². The van der Waals surface area contributed by atoms with Crippen molar-refractivity contribution in [3.63, 3.8) is 0 Å². The molecule has 156 valence electrons. The van der Waals surface area contributed by atoms with E-state index < -0.39 is 5.60 Å². The molecule has 0 saturated carbocycles. The first kappa shape index (κ1) is 20.3. The number of halogens is 1. The van der Waals surface area contributed by atoms with Crippen LogP contribution in [0.5, 0.6) is 0 Å². The Morgan fingerprint density at radius 3 is 2.76 bits per heavy atom. The summed E-state index contributed by atoms with van der Waals surface area (Å²) in [5.74, 6) is 0.536. The summed E-state index contributed by atoms with van der Waals surface area (Å²) in [4.78, 5) is 19.3. The van der Waals surface area contributed by atoms with Crippen molar-refractivity contribution < 1.29 is 14.7 Å². The summed E-state index contributed by atoms with van der Waals surface area (Å²) < 4.78 is 7.87. The lowest BCUT2D eigenvalue weighted by Crippen LogP contribution is -2.37. The number of carbonyl (C=O) groups excluding carboxylic acids is 1. The fraction of sp³-hybridized carbons (Fsp3) is 0.545. The Kier molecular flexibility index (Phi) is 5.36. The molecule has 1 fully saturated rings. The summed E-state index contributed by atoms with van der Waals surface area (Å²) in [5.41, 5.74) is 3.42. The van der Waals surface area contributed by atoms with Gasteiger partial charge in [-0.15, -0.1) is 0 Å². The minimum atomic E-state index is -0.555. The van der Waals surface area contributed by atoms with Crippen molar-refractivity contribution in [3.8, 4) is 11.3 Å². The smallest absolute Gasteiger partial charge is 0.410 e. The summed E-state index contributed by atoms with van der Waals surface area (Å²) in [6.07, 6.45) is 5.11. The number of aromatic nitrogens is 2. The topological polar surface area (TPSA) is 67.6 Å². The maximum Gasteiger partial charge on any atom is 0.410 e. The number of carbonyl (C=O) groups is 1. The van der Waals surface area contributed by atoms with Crippen LogP contribution in [0.3, 0.4) is 0 Å². The molecule has 1 amide bonds. The standard InChI is InChI=1S/C22H28BrN3O3/c1-22(2,3)29-21(27)25-12-6-9-18(25)20-24-19-16-11-10-15(23)13-14(16)7-4-5-8-17(19)26(20)28/h10-11,13,18,28H,4-9,12H2,1-3H3/t18-/m0/s1. The van der Waals surface area contributed by atoms with E-state index in [0.29, 0.717) is 12.4 Å². The zero-order valence-corrected chi connectivity index (χ0v) is 18.8. The summed E-state index contributed by atoms with van der Waals surface area (Å²) in [6.45, 7) is 6.21. The Morgan fingerprint density at radius 1 is 1.24 bits per heavy atom. The molecule has 1 N–H and O–H groups in total. The number of likely N-dealkylation sites (tertiary alicyclic amines) is 1. The number of nitrogens with zero attached hydrogens (tertiary/aromatic N) is 3. The average Bonchev–Trinajstić information content (AvgIpc) is 3.20. The molecule has 0 unspecified atom stereocenters. The Labute approximate surface area is 180 Å². The lowest BCUT2D eigenvalue weighted by atomic mass is 9.94. The van der Waals surface area contributed by atoms with Gasteiger partial charge in [0.2, 0.25) is 0 Å². The highest BCUT2D eigenvalue weighted by molar-refractivity contribution is 9.10. The minimum absolute atomic E-state index is 0.276. The first-order valence-electron chi connectivity index (χ1n) is 10.3. The van der Waals surface area contributed by atoms with E-state index in [4.69, 9.17) is 9.72 Å². The number of benzene rings is 1. The maximum atomic E-state index is 12.7. The third kappa shape index (κ3) is 4.02. The normalized spacial score (nSPS) is 19.3. The van der Waals surface area contributed by atoms with Crippen LogP contribution >= 0.6 is 15.9 Å². The summed E-state index contributed by atoms with van der Waals surface area (Å²) in [5, 5.41) is 11.0. The molecule has 1 aromatic heterocycles. The third-order valence-electron chi connectivity index (χ3n) is 5.58. The van der Waals surface area contributed by atoms with E-state index in [0.717, 1.165) is 59.9 Å². The first-order valence-corrected chi connectivity index (χ1v) is 11.1. The second-order valence-electron chi connectivity index (χ2n) is 8.92. The van der Waals surface area contributed by atoms with Crippen LogP contribution in [-0.2, 0) is 17.6 Å². The van der Waals surface area contributed by atoms with Gasteiger partial charge in [0.15, 0.2) is 5.82 Å². The van der Waals surface area contributed by atoms with Gasteiger partial charge in [-0.3, -0.25) is 4.90 Å². The second kappa shape index (κ2) is 7.67. The van der Waals surface area contributed by atoms with Crippen molar-refractivity contribution in [3.05, 3.63) is 39.8 Å². The molecular weight excluding hydrogens is 434 g/mol. The van der Waals surface area contributed by atoms with E-state index >= 15 is 0 Å². The molecular formula is C22H28BrN3O3. The molecule has 2 aromatic rings. The fourth-order valence-electron chi connectivity index (χ4n) is 4.30. The van der Waals surface area contributed by atoms with E-state index in [1.807, 2.05) is 26.8 Å². The second-order valence-corrected chi connectivity index (χ2v) is 9.83. The molecule has 7 heteroatoms. The molecule has 1 aliphatic carbocycles. The molecule has 1 atom stereocenters. The van der Waals surface area contributed by atoms with E-state index in [2.05, 4.69) is 28.1 Å². The average molecular weight is 462 g/mol. The van der Waals surface area contributed by atoms with Crippen molar-refractivity contribution >= 4 is 22.0 Å². The SMILES string of the molecule is CC(C)(C)OC(=O)N1CCC[C@H]1c1nc2c(n1O)CCCCc1cc(Br)ccc1-2. The molecule has 2 aliphatic rings. The minimum Gasteiger partial charge on any atom is -0.444 e. The van der Waals surface area contributed by atoms with Crippen LogP contribution in [-0.4, -0.2) is 38.1 Å². The van der Waals surface area contributed by atoms with Gasteiger partial charge in [-0.1, -0.05) is 22.0 Å². The Balaban J connectivity index is 1.74. The van der Waals surface area contributed by atoms with Crippen LogP contribution in [0.25, 0.3) is 11.3 Å². The van der Waals surface area contributed by atoms with Crippen molar-refractivity contribution in [2.45, 2.75) is 70.9 Å². The number of imidazole rings is 1. The van der Waals surface area contributed by atoms with Gasteiger partial charge in [-0.25, -0.2) is 9.78 Å². The molecule has 1 aromatic carbocycles. The molecule has 0 bridgehead atoms. The number of rotatable bonds is 1. The van der Waals surface area contributed by atoms with E-state index in [9.17, 15) is 10.0 Å². The van der Waals surface area contributed by atoms with Gasteiger partial charge in [0.25, 0.3) is 0 Å². The molecule has 6 nitrogen and oxygen atoms in total. The summed E-state index contributed by atoms with van der Waals surface area (Å²) >= 11 is 3.56. The largest absolute Gasteiger partial charge is 0.444 e. The Hall–Kier alpha value is -2.02. The lowest BCUT2D eigenvalue weighted by molar-refractivity contribution is 0.0199. The van der Waals surface area contributed by atoms with Gasteiger partial charge >= 0.3 is 6.09 Å². The monoisotopic (exact) mass is 461 g/mol. The number of amides is 1. The predicted octanol–water partition coefficient (Wildman–Crippen LogP) is 5.50. The number of ether oxygens (including phenoxy) is 1. The maximum absolute atomic E-state index is 12.7. The highest BCUT2D eigenvalue weighted by Gasteiger charge is 2.37. The molecule has 1 aliphatic heterocycles. The van der Waals surface area contributed by atoms with Gasteiger partial charge in [0, 0.05) is 16.6 Å². The first-order chi connectivity index (χ1) is 13.7. The van der Waals surface area contributed by atoms with Crippen molar-refractivity contribution in [2.75, 3.05) is 6.54 Å². The van der Waals surface area contributed by atoms with E-state index in [1.165, 1.54) is 10.3 Å². The van der Waals surface area contributed by atoms with Gasteiger partial charge in [-0.05, 0) is 77.0 Å².